The van der Waals surface area contributed by atoms with Crippen LogP contribution in [0.25, 0.3) is 76.9 Å². The molecule has 0 spiro atoms. The molecule has 1 aromatic heterocycles. The molecule has 10 aromatic rings. The van der Waals surface area contributed by atoms with Crippen LogP contribution in [0.3, 0.4) is 0 Å². The highest BCUT2D eigenvalue weighted by Crippen LogP contribution is 2.45. The molecule has 0 atom stereocenters. The van der Waals surface area contributed by atoms with Crippen LogP contribution in [0.2, 0.25) is 0 Å². The van der Waals surface area contributed by atoms with Crippen LogP contribution in [0.15, 0.2) is 205 Å². The maximum absolute atomic E-state index is 6.73. The van der Waals surface area contributed by atoms with E-state index in [1.165, 1.54) is 38.4 Å². The zero-order chi connectivity index (χ0) is 34.4. The smallest absolute Gasteiger partial charge is 0.143 e. The number of fused-ring (bicyclic) bond motifs is 6. The Hall–Kier alpha value is -6.90. The molecule has 0 aliphatic heterocycles. The zero-order valence-corrected chi connectivity index (χ0v) is 28.4. The first-order chi connectivity index (χ1) is 25.8. The van der Waals surface area contributed by atoms with Gasteiger partial charge in [-0.3, -0.25) is 0 Å². The summed E-state index contributed by atoms with van der Waals surface area (Å²) in [4.78, 5) is 2.40. The largest absolute Gasteiger partial charge is 0.455 e. The lowest BCUT2D eigenvalue weighted by molar-refractivity contribution is 0.673. The Bertz CT molecular complexity index is 2900. The average Bonchev–Trinajstić information content (AvgIpc) is 3.61. The summed E-state index contributed by atoms with van der Waals surface area (Å²) >= 11 is 0. The van der Waals surface area contributed by atoms with Gasteiger partial charge in [-0.05, 0) is 86.6 Å². The third kappa shape index (κ3) is 5.04. The SMILES string of the molecule is c1ccc(-c2cccc(N(c3cccc(-c4cccc5oc6c7ccccc7c(-c7ccccc7)cc6c45)c3)c3cccc4ccccc34)c2)cc1. The fraction of sp³-hybridized carbons (Fsp3) is 0. The van der Waals surface area contributed by atoms with Crippen molar-refractivity contribution in [1.29, 1.82) is 0 Å². The normalized spacial score (nSPS) is 11.5. The minimum Gasteiger partial charge on any atom is -0.455 e. The van der Waals surface area contributed by atoms with Crippen molar-refractivity contribution in [3.05, 3.63) is 200 Å². The second-order valence-corrected chi connectivity index (χ2v) is 13.3. The Labute approximate surface area is 302 Å². The van der Waals surface area contributed by atoms with Crippen LogP contribution in [0, 0.1) is 0 Å². The monoisotopic (exact) mass is 663 g/mol. The van der Waals surface area contributed by atoms with E-state index in [4.69, 9.17) is 4.42 Å². The first-order valence-electron chi connectivity index (χ1n) is 17.8. The highest BCUT2D eigenvalue weighted by Gasteiger charge is 2.20. The first kappa shape index (κ1) is 30.0. The molecule has 10 rings (SSSR count). The van der Waals surface area contributed by atoms with E-state index in [1.54, 1.807) is 0 Å². The maximum Gasteiger partial charge on any atom is 0.143 e. The molecule has 0 saturated heterocycles. The van der Waals surface area contributed by atoms with Gasteiger partial charge in [0.1, 0.15) is 11.2 Å². The molecule has 0 amide bonds. The molecule has 2 heteroatoms. The highest BCUT2D eigenvalue weighted by atomic mass is 16.3. The Morgan fingerprint density at radius 1 is 0.346 bits per heavy atom. The van der Waals surface area contributed by atoms with Gasteiger partial charge in [0, 0.05) is 32.9 Å². The summed E-state index contributed by atoms with van der Waals surface area (Å²) in [5.74, 6) is 0. The first-order valence-corrected chi connectivity index (χ1v) is 17.8. The van der Waals surface area contributed by atoms with E-state index in [-0.39, 0.29) is 0 Å². The van der Waals surface area contributed by atoms with E-state index in [0.717, 1.165) is 55.5 Å². The Balaban J connectivity index is 1.20. The second-order valence-electron chi connectivity index (χ2n) is 13.3. The molecule has 0 N–H and O–H groups in total. The molecule has 244 valence electrons. The van der Waals surface area contributed by atoms with E-state index in [1.807, 2.05) is 0 Å². The molecule has 2 nitrogen and oxygen atoms in total. The van der Waals surface area contributed by atoms with Crippen LogP contribution in [-0.2, 0) is 0 Å². The minimum absolute atomic E-state index is 0.884. The topological polar surface area (TPSA) is 16.4 Å². The lowest BCUT2D eigenvalue weighted by Crippen LogP contribution is -2.10. The highest BCUT2D eigenvalue weighted by molar-refractivity contribution is 6.22. The van der Waals surface area contributed by atoms with Crippen molar-refractivity contribution in [1.82, 2.24) is 0 Å². The van der Waals surface area contributed by atoms with E-state index >= 15 is 0 Å². The van der Waals surface area contributed by atoms with Crippen LogP contribution >= 0.6 is 0 Å². The number of benzene rings is 9. The van der Waals surface area contributed by atoms with Crippen LogP contribution in [0.5, 0.6) is 0 Å². The van der Waals surface area contributed by atoms with Gasteiger partial charge < -0.3 is 9.32 Å². The predicted molar refractivity (Wildman–Crippen MR) is 220 cm³/mol. The molecular formula is C50H33NO. The lowest BCUT2D eigenvalue weighted by atomic mass is 9.93. The van der Waals surface area contributed by atoms with Crippen molar-refractivity contribution in [2.24, 2.45) is 0 Å². The summed E-state index contributed by atoms with van der Waals surface area (Å²) in [6, 6.07) is 71.6. The maximum atomic E-state index is 6.73. The van der Waals surface area contributed by atoms with Gasteiger partial charge in [-0.1, -0.05) is 158 Å². The van der Waals surface area contributed by atoms with Crippen LogP contribution in [0.4, 0.5) is 17.1 Å². The Kier molecular flexibility index (Phi) is 7.18. The van der Waals surface area contributed by atoms with Crippen molar-refractivity contribution in [3.63, 3.8) is 0 Å². The molecule has 1 heterocycles. The summed E-state index contributed by atoms with van der Waals surface area (Å²) < 4.78 is 6.73. The third-order valence-electron chi connectivity index (χ3n) is 10.2. The molecule has 0 unspecified atom stereocenters. The number of furan rings is 1. The summed E-state index contributed by atoms with van der Waals surface area (Å²) in [6.07, 6.45) is 0. The van der Waals surface area contributed by atoms with Crippen LogP contribution in [-0.4, -0.2) is 0 Å². The number of rotatable bonds is 6. The van der Waals surface area contributed by atoms with E-state index in [9.17, 15) is 0 Å². The number of nitrogens with zero attached hydrogens (tertiary/aromatic N) is 1. The van der Waals surface area contributed by atoms with Gasteiger partial charge in [-0.2, -0.15) is 0 Å². The fourth-order valence-corrected chi connectivity index (χ4v) is 7.84. The zero-order valence-electron chi connectivity index (χ0n) is 28.4. The van der Waals surface area contributed by atoms with Crippen molar-refractivity contribution in [2.45, 2.75) is 0 Å². The van der Waals surface area contributed by atoms with Gasteiger partial charge in [0.25, 0.3) is 0 Å². The minimum atomic E-state index is 0.884. The Morgan fingerprint density at radius 2 is 0.923 bits per heavy atom. The van der Waals surface area contributed by atoms with Gasteiger partial charge >= 0.3 is 0 Å². The van der Waals surface area contributed by atoms with Crippen LogP contribution in [0.1, 0.15) is 0 Å². The van der Waals surface area contributed by atoms with Gasteiger partial charge in [0.15, 0.2) is 0 Å². The number of hydrogen-bond donors (Lipinski definition) is 0. The summed E-state index contributed by atoms with van der Waals surface area (Å²) in [5.41, 5.74) is 12.2. The molecule has 0 aliphatic carbocycles. The van der Waals surface area contributed by atoms with Gasteiger partial charge in [0.05, 0.1) is 5.69 Å². The van der Waals surface area contributed by atoms with Gasteiger partial charge in [-0.25, -0.2) is 0 Å². The molecule has 52 heavy (non-hydrogen) atoms. The second kappa shape index (κ2) is 12.5. The predicted octanol–water partition coefficient (Wildman–Crippen LogP) is 14.4. The van der Waals surface area contributed by atoms with Crippen LogP contribution < -0.4 is 4.90 Å². The molecule has 0 saturated carbocycles. The summed E-state index contributed by atoms with van der Waals surface area (Å²) in [5, 5.41) is 6.96. The lowest BCUT2D eigenvalue weighted by Gasteiger charge is -2.28. The van der Waals surface area contributed by atoms with Crippen molar-refractivity contribution in [3.8, 4) is 33.4 Å². The van der Waals surface area contributed by atoms with E-state index < -0.39 is 0 Å². The molecule has 0 bridgehead atoms. The average molecular weight is 664 g/mol. The van der Waals surface area contributed by atoms with Crippen molar-refractivity contribution >= 4 is 60.5 Å². The molecule has 0 radical (unpaired) electrons. The fourth-order valence-electron chi connectivity index (χ4n) is 7.84. The van der Waals surface area contributed by atoms with E-state index in [0.29, 0.717) is 0 Å². The van der Waals surface area contributed by atoms with Crippen molar-refractivity contribution < 1.29 is 4.42 Å². The quantitative estimate of drug-likeness (QED) is 0.176. The molecular weight excluding hydrogens is 631 g/mol. The van der Waals surface area contributed by atoms with Gasteiger partial charge in [-0.15, -0.1) is 0 Å². The molecule has 9 aromatic carbocycles. The third-order valence-corrected chi connectivity index (χ3v) is 10.2. The number of anilines is 3. The summed E-state index contributed by atoms with van der Waals surface area (Å²) in [6.45, 7) is 0. The molecule has 0 aliphatic rings. The van der Waals surface area contributed by atoms with E-state index in [2.05, 4.69) is 205 Å². The van der Waals surface area contributed by atoms with Gasteiger partial charge in [0.2, 0.25) is 0 Å². The number of hydrogen-bond acceptors (Lipinski definition) is 2. The standard InChI is InChI=1S/C50H33NO/c1-3-15-34(16-4-1)37-21-11-23-39(31-37)51(47-29-13-20-35-19-7-8-25-41(35)47)40-24-12-22-38(32-40)42-28-14-30-48-49(42)46-33-45(36-17-5-2-6-18-36)43-26-9-10-27-44(43)50(46)52-48/h1-33H. The Morgan fingerprint density at radius 3 is 1.71 bits per heavy atom. The summed E-state index contributed by atoms with van der Waals surface area (Å²) in [7, 11) is 0. The molecule has 0 fully saturated rings. The van der Waals surface area contributed by atoms with Crippen molar-refractivity contribution in [2.75, 3.05) is 4.90 Å².